The number of hydrogen-bond donors (Lipinski definition) is 1. The van der Waals surface area contributed by atoms with Crippen LogP contribution in [0.2, 0.25) is 0 Å². The lowest BCUT2D eigenvalue weighted by atomic mass is 9.87. The van der Waals surface area contributed by atoms with Crippen LogP contribution in [0, 0.1) is 5.92 Å². The monoisotopic (exact) mass is 414 g/mol. The van der Waals surface area contributed by atoms with E-state index in [9.17, 15) is 9.59 Å². The zero-order valence-electron chi connectivity index (χ0n) is 17.5. The molecule has 1 saturated carbocycles. The third-order valence-corrected chi connectivity index (χ3v) is 6.37. The first-order valence-corrected chi connectivity index (χ1v) is 11.0. The molecular formula is C26H26N2O3. The van der Waals surface area contributed by atoms with Crippen LogP contribution in [0.4, 0.5) is 5.69 Å². The van der Waals surface area contributed by atoms with Gasteiger partial charge in [0.2, 0.25) is 0 Å². The van der Waals surface area contributed by atoms with Gasteiger partial charge in [0.05, 0.1) is 5.52 Å². The van der Waals surface area contributed by atoms with E-state index in [4.69, 9.17) is 4.74 Å². The van der Waals surface area contributed by atoms with Gasteiger partial charge in [-0.2, -0.15) is 0 Å². The number of carbonyl (C=O) groups is 2. The molecule has 1 aliphatic carbocycles. The summed E-state index contributed by atoms with van der Waals surface area (Å²) < 4.78 is 7.57. The number of nitrogens with one attached hydrogen (secondary N) is 1. The Balaban J connectivity index is 1.39. The van der Waals surface area contributed by atoms with Crippen LogP contribution >= 0.6 is 0 Å². The van der Waals surface area contributed by atoms with Crippen molar-refractivity contribution in [2.75, 3.05) is 5.32 Å². The Morgan fingerprint density at radius 1 is 1.06 bits per heavy atom. The maximum Gasteiger partial charge on any atom is 0.307 e. The van der Waals surface area contributed by atoms with Gasteiger partial charge in [-0.25, -0.2) is 0 Å². The highest BCUT2D eigenvalue weighted by Gasteiger charge is 2.24. The fourth-order valence-corrected chi connectivity index (χ4v) is 4.76. The summed E-state index contributed by atoms with van der Waals surface area (Å²) >= 11 is 0. The third-order valence-electron chi connectivity index (χ3n) is 6.37. The van der Waals surface area contributed by atoms with Gasteiger partial charge in [0.1, 0.15) is 0 Å². The fraction of sp³-hybridized carbons (Fsp3) is 0.308. The molecule has 1 aliphatic heterocycles. The third kappa shape index (κ3) is 4.00. The summed E-state index contributed by atoms with van der Waals surface area (Å²) in [6, 6.07) is 15.7. The number of para-hydroxylation sites is 2. The molecule has 1 aromatic heterocycles. The molecule has 0 spiro atoms. The van der Waals surface area contributed by atoms with E-state index in [1.165, 1.54) is 19.3 Å². The van der Waals surface area contributed by atoms with Gasteiger partial charge in [0.25, 0.3) is 5.91 Å². The SMILES string of the molecule is O=C(CC1CCCCC1)OCn1cc(/C=C2\C(=O)Nc3ccccc32)c2ccccc21. The molecule has 2 aliphatic rings. The maximum absolute atomic E-state index is 12.5. The van der Waals surface area contributed by atoms with Crippen LogP contribution < -0.4 is 5.32 Å². The van der Waals surface area contributed by atoms with Crippen molar-refractivity contribution in [3.8, 4) is 0 Å². The summed E-state index contributed by atoms with van der Waals surface area (Å²) in [5.41, 5.74) is 4.29. The first-order valence-electron chi connectivity index (χ1n) is 11.0. The zero-order chi connectivity index (χ0) is 21.2. The standard InChI is InChI=1S/C26H26N2O3/c29-25(14-18-8-2-1-3-9-18)31-17-28-16-19(20-10-5-7-13-24(20)28)15-22-21-11-4-6-12-23(21)27-26(22)30/h4-7,10-13,15-16,18H,1-3,8-9,14,17H2,(H,27,30)/b22-15-. The van der Waals surface area contributed by atoms with Crippen molar-refractivity contribution < 1.29 is 14.3 Å². The number of esters is 1. The molecule has 0 unspecified atom stereocenters. The molecule has 1 N–H and O–H groups in total. The number of hydrogen-bond acceptors (Lipinski definition) is 3. The lowest BCUT2D eigenvalue weighted by Gasteiger charge is -2.20. The molecular weight excluding hydrogens is 388 g/mol. The molecule has 1 fully saturated rings. The van der Waals surface area contributed by atoms with Crippen molar-refractivity contribution >= 4 is 40.1 Å². The summed E-state index contributed by atoms with van der Waals surface area (Å²) in [5.74, 6) is 0.231. The summed E-state index contributed by atoms with van der Waals surface area (Å²) in [5, 5.41) is 3.94. The number of ether oxygens (including phenoxy) is 1. The number of amides is 1. The minimum atomic E-state index is -0.131. The molecule has 158 valence electrons. The number of fused-ring (bicyclic) bond motifs is 2. The second kappa shape index (κ2) is 8.42. The summed E-state index contributed by atoms with van der Waals surface area (Å²) in [6.07, 6.45) is 10.4. The highest BCUT2D eigenvalue weighted by Crippen LogP contribution is 2.34. The normalized spacial score (nSPS) is 17.7. The minimum absolute atomic E-state index is 0.100. The van der Waals surface area contributed by atoms with E-state index in [1.54, 1.807) is 0 Å². The Hall–Kier alpha value is -3.34. The van der Waals surface area contributed by atoms with Crippen molar-refractivity contribution in [1.29, 1.82) is 0 Å². The van der Waals surface area contributed by atoms with E-state index < -0.39 is 0 Å². The number of nitrogens with zero attached hydrogens (tertiary/aromatic N) is 1. The molecule has 0 radical (unpaired) electrons. The second-order valence-corrected chi connectivity index (χ2v) is 8.48. The molecule has 5 rings (SSSR count). The molecule has 0 atom stereocenters. The number of rotatable bonds is 5. The largest absolute Gasteiger partial charge is 0.444 e. The van der Waals surface area contributed by atoms with E-state index in [0.717, 1.165) is 40.6 Å². The fourth-order valence-electron chi connectivity index (χ4n) is 4.76. The van der Waals surface area contributed by atoms with Gasteiger partial charge < -0.3 is 14.6 Å². The van der Waals surface area contributed by atoms with Gasteiger partial charge >= 0.3 is 5.97 Å². The van der Waals surface area contributed by atoms with Crippen LogP contribution in [0.15, 0.2) is 54.7 Å². The van der Waals surface area contributed by atoms with E-state index >= 15 is 0 Å². The van der Waals surface area contributed by atoms with Crippen LogP contribution in [-0.4, -0.2) is 16.4 Å². The predicted molar refractivity (Wildman–Crippen MR) is 122 cm³/mol. The molecule has 0 saturated heterocycles. The summed E-state index contributed by atoms with van der Waals surface area (Å²) in [7, 11) is 0. The highest BCUT2D eigenvalue weighted by molar-refractivity contribution is 6.35. The Labute approximate surface area is 181 Å². The number of carbonyl (C=O) groups excluding carboxylic acids is 2. The number of benzene rings is 2. The topological polar surface area (TPSA) is 60.3 Å². The van der Waals surface area contributed by atoms with Crippen LogP contribution in [0.5, 0.6) is 0 Å². The smallest absolute Gasteiger partial charge is 0.307 e. The Morgan fingerprint density at radius 2 is 1.84 bits per heavy atom. The molecule has 1 amide bonds. The van der Waals surface area contributed by atoms with E-state index in [1.807, 2.05) is 65.4 Å². The van der Waals surface area contributed by atoms with Gasteiger partial charge in [-0.1, -0.05) is 55.7 Å². The maximum atomic E-state index is 12.5. The molecule has 2 aromatic carbocycles. The first-order chi connectivity index (χ1) is 15.2. The van der Waals surface area contributed by atoms with Crippen molar-refractivity contribution in [3.05, 3.63) is 65.9 Å². The Morgan fingerprint density at radius 3 is 2.71 bits per heavy atom. The van der Waals surface area contributed by atoms with Crippen LogP contribution in [-0.2, 0) is 21.1 Å². The van der Waals surface area contributed by atoms with E-state index in [2.05, 4.69) is 5.32 Å². The van der Waals surface area contributed by atoms with Crippen LogP contribution in [0.1, 0.15) is 49.7 Å². The van der Waals surface area contributed by atoms with E-state index in [0.29, 0.717) is 17.9 Å². The van der Waals surface area contributed by atoms with Gasteiger partial charge in [-0.05, 0) is 37.0 Å². The molecule has 0 bridgehead atoms. The van der Waals surface area contributed by atoms with E-state index in [-0.39, 0.29) is 18.6 Å². The predicted octanol–water partition coefficient (Wildman–Crippen LogP) is 5.61. The number of anilines is 1. The van der Waals surface area contributed by atoms with Crippen LogP contribution in [0.3, 0.4) is 0 Å². The Bertz CT molecular complexity index is 1170. The van der Waals surface area contributed by atoms with Crippen molar-refractivity contribution in [1.82, 2.24) is 4.57 Å². The zero-order valence-corrected chi connectivity index (χ0v) is 17.5. The van der Waals surface area contributed by atoms with Gasteiger partial charge in [-0.3, -0.25) is 9.59 Å². The lowest BCUT2D eigenvalue weighted by Crippen LogP contribution is -2.15. The molecule has 2 heterocycles. The van der Waals surface area contributed by atoms with Crippen LogP contribution in [0.25, 0.3) is 22.6 Å². The molecule has 5 heteroatoms. The lowest BCUT2D eigenvalue weighted by molar-refractivity contribution is -0.148. The summed E-state index contributed by atoms with van der Waals surface area (Å²) in [6.45, 7) is 0.179. The molecule has 5 nitrogen and oxygen atoms in total. The first kappa shape index (κ1) is 19.6. The van der Waals surface area contributed by atoms with Crippen molar-refractivity contribution in [3.63, 3.8) is 0 Å². The van der Waals surface area contributed by atoms with Gasteiger partial charge in [0.15, 0.2) is 6.73 Å². The quantitative estimate of drug-likeness (QED) is 0.436. The average Bonchev–Trinajstić information content (AvgIpc) is 3.31. The van der Waals surface area contributed by atoms with Crippen molar-refractivity contribution in [2.45, 2.75) is 45.3 Å². The Kier molecular flexibility index (Phi) is 5.33. The van der Waals surface area contributed by atoms with Gasteiger partial charge in [-0.15, -0.1) is 0 Å². The molecule has 3 aromatic rings. The van der Waals surface area contributed by atoms with Crippen molar-refractivity contribution in [2.24, 2.45) is 5.92 Å². The average molecular weight is 415 g/mol. The van der Waals surface area contributed by atoms with Gasteiger partial charge in [0, 0.05) is 40.4 Å². The summed E-state index contributed by atoms with van der Waals surface area (Å²) in [4.78, 5) is 24.9. The highest BCUT2D eigenvalue weighted by atomic mass is 16.5. The minimum Gasteiger partial charge on any atom is -0.444 e. The second-order valence-electron chi connectivity index (χ2n) is 8.48. The number of aromatic nitrogens is 1. The molecule has 31 heavy (non-hydrogen) atoms.